The lowest BCUT2D eigenvalue weighted by atomic mass is 9.90. The molecule has 0 heterocycles. The van der Waals surface area contributed by atoms with Gasteiger partial charge in [-0.2, -0.15) is 0 Å². The third-order valence-electron chi connectivity index (χ3n) is 3.39. The van der Waals surface area contributed by atoms with Crippen LogP contribution in [0.15, 0.2) is 43.5 Å². The molecule has 0 unspecified atom stereocenters. The fraction of sp³-hybridized carbons (Fsp3) is 0.412. The number of hydrogen-bond donors (Lipinski definition) is 0. The quantitative estimate of drug-likeness (QED) is 0.595. The summed E-state index contributed by atoms with van der Waals surface area (Å²) in [5.74, 6) is 0.851. The van der Waals surface area contributed by atoms with Gasteiger partial charge in [0.05, 0.1) is 0 Å². The Morgan fingerprint density at radius 1 is 1.06 bits per heavy atom. The number of allylic oxidation sites excluding steroid dienone is 1. The lowest BCUT2D eigenvalue weighted by molar-refractivity contribution is 0.420. The Morgan fingerprint density at radius 3 is 2.12 bits per heavy atom. The van der Waals surface area contributed by atoms with Crippen molar-refractivity contribution in [2.24, 2.45) is 5.92 Å². The minimum Gasteiger partial charge on any atom is -0.103 e. The summed E-state index contributed by atoms with van der Waals surface area (Å²) >= 11 is 0. The van der Waals surface area contributed by atoms with E-state index in [2.05, 4.69) is 38.3 Å². The molecule has 1 fully saturated rings. The summed E-state index contributed by atoms with van der Waals surface area (Å²) in [6.45, 7) is 9.56. The van der Waals surface area contributed by atoms with E-state index in [1.54, 1.807) is 0 Å². The number of benzene rings is 1. The van der Waals surface area contributed by atoms with Crippen molar-refractivity contribution in [1.29, 1.82) is 0 Å². The average molecular weight is 228 g/mol. The molecule has 0 amide bonds. The van der Waals surface area contributed by atoms with Crippen LogP contribution in [0.25, 0.3) is 6.08 Å². The van der Waals surface area contributed by atoms with Crippen molar-refractivity contribution >= 4 is 6.08 Å². The summed E-state index contributed by atoms with van der Waals surface area (Å²) in [7, 11) is 0. The zero-order chi connectivity index (χ0) is 12.5. The van der Waals surface area contributed by atoms with Crippen molar-refractivity contribution in [2.75, 3.05) is 0 Å². The molecular weight excluding hydrogens is 204 g/mol. The molecule has 1 aromatic rings. The van der Waals surface area contributed by atoms with Gasteiger partial charge in [-0.15, -0.1) is 6.58 Å². The van der Waals surface area contributed by atoms with Gasteiger partial charge in [-0.25, -0.2) is 0 Å². The standard InChI is InChI=1S/C9H10.C8H14/c1-3-9-7-5-4-6-8(9)2;1-2-8-6-4-3-5-7-8/h3-7H,1H2,2H3;2,8H,1,3-7H2. The minimum atomic E-state index is 0.851. The van der Waals surface area contributed by atoms with Crippen LogP contribution in [0.4, 0.5) is 0 Å². The highest BCUT2D eigenvalue weighted by atomic mass is 14.1. The topological polar surface area (TPSA) is 0 Å². The third-order valence-corrected chi connectivity index (χ3v) is 3.39. The molecule has 0 spiro atoms. The molecule has 0 aromatic heterocycles. The number of aryl methyl sites for hydroxylation is 1. The van der Waals surface area contributed by atoms with E-state index in [4.69, 9.17) is 0 Å². The van der Waals surface area contributed by atoms with Crippen LogP contribution in [0.1, 0.15) is 43.2 Å². The normalized spacial score (nSPS) is 15.6. The summed E-state index contributed by atoms with van der Waals surface area (Å²) in [6, 6.07) is 8.19. The Bertz CT molecular complexity index is 343. The van der Waals surface area contributed by atoms with Gasteiger partial charge in [0.1, 0.15) is 0 Å². The first-order valence-corrected chi connectivity index (χ1v) is 6.58. The first kappa shape index (κ1) is 13.8. The second-order valence-electron chi connectivity index (χ2n) is 4.69. The highest BCUT2D eigenvalue weighted by Crippen LogP contribution is 2.23. The monoisotopic (exact) mass is 228 g/mol. The van der Waals surface area contributed by atoms with E-state index >= 15 is 0 Å². The summed E-state index contributed by atoms with van der Waals surface area (Å²) in [5.41, 5.74) is 2.50. The Hall–Kier alpha value is -1.30. The van der Waals surface area contributed by atoms with E-state index in [0.29, 0.717) is 0 Å². The number of rotatable bonds is 2. The first-order chi connectivity index (χ1) is 8.27. The molecule has 92 valence electrons. The molecule has 0 aliphatic heterocycles. The largest absolute Gasteiger partial charge is 0.103 e. The fourth-order valence-electron chi connectivity index (χ4n) is 2.19. The zero-order valence-electron chi connectivity index (χ0n) is 11.0. The van der Waals surface area contributed by atoms with Gasteiger partial charge < -0.3 is 0 Å². The Labute approximate surface area is 106 Å². The van der Waals surface area contributed by atoms with Crippen LogP contribution in [0.2, 0.25) is 0 Å². The Kier molecular flexibility index (Phi) is 6.39. The predicted octanol–water partition coefficient (Wildman–Crippen LogP) is 5.39. The SMILES string of the molecule is C=CC1CCCCC1.C=Cc1ccccc1C. The molecule has 1 saturated carbocycles. The second kappa shape index (κ2) is 7.89. The highest BCUT2D eigenvalue weighted by Gasteiger charge is 2.07. The highest BCUT2D eigenvalue weighted by molar-refractivity contribution is 5.50. The molecule has 0 atom stereocenters. The van der Waals surface area contributed by atoms with E-state index in [1.165, 1.54) is 43.2 Å². The van der Waals surface area contributed by atoms with Gasteiger partial charge in [0.25, 0.3) is 0 Å². The summed E-state index contributed by atoms with van der Waals surface area (Å²) in [6.07, 6.45) is 11.1. The van der Waals surface area contributed by atoms with E-state index in [1.807, 2.05) is 18.2 Å². The molecule has 1 aliphatic carbocycles. The molecule has 0 saturated heterocycles. The molecule has 0 bridgehead atoms. The van der Waals surface area contributed by atoms with Crippen LogP contribution in [-0.4, -0.2) is 0 Å². The maximum Gasteiger partial charge on any atom is -0.0233 e. The van der Waals surface area contributed by atoms with Crippen LogP contribution in [0, 0.1) is 12.8 Å². The molecule has 0 N–H and O–H groups in total. The summed E-state index contributed by atoms with van der Waals surface area (Å²) in [4.78, 5) is 0. The molecule has 1 aromatic carbocycles. The van der Waals surface area contributed by atoms with Crippen molar-refractivity contribution in [3.05, 3.63) is 54.6 Å². The van der Waals surface area contributed by atoms with Gasteiger partial charge in [0, 0.05) is 0 Å². The Balaban J connectivity index is 0.000000171. The van der Waals surface area contributed by atoms with Crippen LogP contribution < -0.4 is 0 Å². The van der Waals surface area contributed by atoms with Crippen LogP contribution >= 0.6 is 0 Å². The van der Waals surface area contributed by atoms with Crippen LogP contribution in [0.5, 0.6) is 0 Å². The third kappa shape index (κ3) is 5.04. The van der Waals surface area contributed by atoms with Crippen molar-refractivity contribution in [3.8, 4) is 0 Å². The molecule has 2 rings (SSSR count). The van der Waals surface area contributed by atoms with Crippen molar-refractivity contribution in [2.45, 2.75) is 39.0 Å². The summed E-state index contributed by atoms with van der Waals surface area (Å²) < 4.78 is 0. The van der Waals surface area contributed by atoms with Gasteiger partial charge in [0.15, 0.2) is 0 Å². The zero-order valence-corrected chi connectivity index (χ0v) is 11.0. The predicted molar refractivity (Wildman–Crippen MR) is 78.0 cm³/mol. The van der Waals surface area contributed by atoms with Gasteiger partial charge in [-0.1, -0.05) is 62.3 Å². The average Bonchev–Trinajstić information content (AvgIpc) is 2.41. The van der Waals surface area contributed by atoms with Gasteiger partial charge in [-0.3, -0.25) is 0 Å². The lowest BCUT2D eigenvalue weighted by Crippen LogP contribution is -2.01. The van der Waals surface area contributed by atoms with Crippen molar-refractivity contribution in [3.63, 3.8) is 0 Å². The van der Waals surface area contributed by atoms with Crippen LogP contribution in [0.3, 0.4) is 0 Å². The molecule has 1 aliphatic rings. The molecule has 17 heavy (non-hydrogen) atoms. The number of hydrogen-bond acceptors (Lipinski definition) is 0. The van der Waals surface area contributed by atoms with Crippen LogP contribution in [-0.2, 0) is 0 Å². The first-order valence-electron chi connectivity index (χ1n) is 6.58. The second-order valence-corrected chi connectivity index (χ2v) is 4.69. The van der Waals surface area contributed by atoms with E-state index < -0.39 is 0 Å². The van der Waals surface area contributed by atoms with Gasteiger partial charge >= 0.3 is 0 Å². The smallest absolute Gasteiger partial charge is 0.0233 e. The molecule has 0 heteroatoms. The molecule has 0 radical (unpaired) electrons. The minimum absolute atomic E-state index is 0.851. The van der Waals surface area contributed by atoms with E-state index in [9.17, 15) is 0 Å². The van der Waals surface area contributed by atoms with Gasteiger partial charge in [0.2, 0.25) is 0 Å². The molecule has 0 nitrogen and oxygen atoms in total. The van der Waals surface area contributed by atoms with E-state index in [0.717, 1.165) is 5.92 Å². The maximum absolute atomic E-state index is 3.78. The molecular formula is C17H24. The maximum atomic E-state index is 3.78. The summed E-state index contributed by atoms with van der Waals surface area (Å²) in [5, 5.41) is 0. The van der Waals surface area contributed by atoms with Crippen molar-refractivity contribution < 1.29 is 0 Å². The Morgan fingerprint density at radius 2 is 1.71 bits per heavy atom. The lowest BCUT2D eigenvalue weighted by Gasteiger charge is -2.16. The van der Waals surface area contributed by atoms with Crippen molar-refractivity contribution in [1.82, 2.24) is 0 Å². The van der Waals surface area contributed by atoms with Gasteiger partial charge in [-0.05, 0) is 36.8 Å². The fourth-order valence-corrected chi connectivity index (χ4v) is 2.19. The van der Waals surface area contributed by atoms with E-state index in [-0.39, 0.29) is 0 Å².